The van der Waals surface area contributed by atoms with E-state index in [0.717, 1.165) is 23.7 Å². The van der Waals surface area contributed by atoms with Gasteiger partial charge in [0.05, 0.1) is 5.69 Å². The van der Waals surface area contributed by atoms with E-state index in [1.54, 1.807) is 11.1 Å². The Morgan fingerprint density at radius 3 is 1.95 bits per heavy atom. The summed E-state index contributed by atoms with van der Waals surface area (Å²) in [5.41, 5.74) is 10.6. The first-order valence-electron chi connectivity index (χ1n) is 17.2. The monoisotopic (exact) mass is 595 g/mol. The van der Waals surface area contributed by atoms with Crippen LogP contribution in [0.25, 0.3) is 0 Å². The molecule has 4 aromatic rings. The van der Waals surface area contributed by atoms with Crippen molar-refractivity contribution in [2.45, 2.75) is 98.7 Å². The minimum atomic E-state index is 0.112. The van der Waals surface area contributed by atoms with Gasteiger partial charge in [0.25, 0.3) is 0 Å². The molecule has 5 aliphatic carbocycles. The maximum Gasteiger partial charge on any atom is 0.0502 e. The van der Waals surface area contributed by atoms with Crippen LogP contribution >= 0.6 is 11.8 Å². The molecule has 0 atom stereocenters. The van der Waals surface area contributed by atoms with E-state index >= 15 is 0 Å². The van der Waals surface area contributed by atoms with Crippen LogP contribution < -0.4 is 4.90 Å². The summed E-state index contributed by atoms with van der Waals surface area (Å²) < 4.78 is 0. The lowest BCUT2D eigenvalue weighted by Gasteiger charge is -2.63. The quantitative estimate of drug-likeness (QED) is 0.232. The van der Waals surface area contributed by atoms with Gasteiger partial charge in [-0.25, -0.2) is 0 Å². The van der Waals surface area contributed by atoms with Crippen LogP contribution in [-0.4, -0.2) is 0 Å². The molecule has 4 aromatic carbocycles. The molecule has 0 unspecified atom stereocenters. The van der Waals surface area contributed by atoms with Gasteiger partial charge < -0.3 is 4.90 Å². The standard InChI is InChI=1S/C42H45NS/c1-40(2)19-20-41(3,4)39-35(40)14-10-15-36(39)43(31-11-6-5-7-12-31)32-17-18-34-38(26-32)44-37-16-9-8-13-33(37)42(34)29-22-27-21-28(24-29)25-30(42)23-27/h5-18,26-30H,19-25H2,1-4H3. The van der Waals surface area contributed by atoms with Crippen molar-refractivity contribution in [3.63, 3.8) is 0 Å². The maximum absolute atomic E-state index is 2.58. The molecule has 44 heavy (non-hydrogen) atoms. The van der Waals surface area contributed by atoms with Gasteiger partial charge in [0.1, 0.15) is 0 Å². The molecule has 4 bridgehead atoms. The van der Waals surface area contributed by atoms with Gasteiger partial charge in [0.15, 0.2) is 0 Å². The summed E-state index contributed by atoms with van der Waals surface area (Å²) in [7, 11) is 0. The summed E-state index contributed by atoms with van der Waals surface area (Å²) in [5, 5.41) is 0. The summed E-state index contributed by atoms with van der Waals surface area (Å²) in [6.45, 7) is 9.80. The van der Waals surface area contributed by atoms with Gasteiger partial charge in [0.2, 0.25) is 0 Å². The van der Waals surface area contributed by atoms with E-state index in [2.05, 4.69) is 124 Å². The normalized spacial score (nSPS) is 30.0. The zero-order valence-electron chi connectivity index (χ0n) is 26.8. The van der Waals surface area contributed by atoms with E-state index in [4.69, 9.17) is 0 Å². The van der Waals surface area contributed by atoms with Crippen molar-refractivity contribution in [3.8, 4) is 0 Å². The van der Waals surface area contributed by atoms with Crippen LogP contribution in [0.2, 0.25) is 0 Å². The third-order valence-electron chi connectivity index (χ3n) is 12.7. The average Bonchev–Trinajstić information content (AvgIpc) is 3.02. The lowest BCUT2D eigenvalue weighted by atomic mass is 9.42. The first kappa shape index (κ1) is 27.3. The Kier molecular flexibility index (Phi) is 5.92. The highest BCUT2D eigenvalue weighted by Crippen LogP contribution is 2.69. The Balaban J connectivity index is 1.25. The van der Waals surface area contributed by atoms with Crippen molar-refractivity contribution < 1.29 is 0 Å². The molecule has 1 spiro atoms. The van der Waals surface area contributed by atoms with Gasteiger partial charge in [-0.2, -0.15) is 0 Å². The van der Waals surface area contributed by atoms with Gasteiger partial charge in [-0.15, -0.1) is 0 Å². The summed E-state index contributed by atoms with van der Waals surface area (Å²) >= 11 is 2.02. The Morgan fingerprint density at radius 2 is 1.20 bits per heavy atom. The van der Waals surface area contributed by atoms with E-state index in [9.17, 15) is 0 Å². The van der Waals surface area contributed by atoms with E-state index in [1.807, 2.05) is 11.8 Å². The summed E-state index contributed by atoms with van der Waals surface area (Å²) in [4.78, 5) is 5.56. The minimum Gasteiger partial charge on any atom is -0.310 e. The molecule has 4 saturated carbocycles. The van der Waals surface area contributed by atoms with Crippen LogP contribution in [0.4, 0.5) is 17.1 Å². The average molecular weight is 596 g/mol. The number of para-hydroxylation sites is 1. The predicted octanol–water partition coefficient (Wildman–Crippen LogP) is 11.7. The highest BCUT2D eigenvalue weighted by molar-refractivity contribution is 7.99. The van der Waals surface area contributed by atoms with Crippen LogP contribution in [-0.2, 0) is 16.2 Å². The molecule has 0 amide bonds. The molecular formula is C42H45NS. The minimum absolute atomic E-state index is 0.112. The smallest absolute Gasteiger partial charge is 0.0502 e. The molecule has 0 N–H and O–H groups in total. The zero-order valence-corrected chi connectivity index (χ0v) is 27.6. The van der Waals surface area contributed by atoms with Crippen molar-refractivity contribution in [1.82, 2.24) is 0 Å². The first-order chi connectivity index (χ1) is 21.3. The molecule has 10 rings (SSSR count). The predicted molar refractivity (Wildman–Crippen MR) is 185 cm³/mol. The fourth-order valence-corrected chi connectivity index (χ4v) is 12.2. The van der Waals surface area contributed by atoms with E-state index < -0.39 is 0 Å². The van der Waals surface area contributed by atoms with Gasteiger partial charge in [-0.3, -0.25) is 0 Å². The topological polar surface area (TPSA) is 3.24 Å². The van der Waals surface area contributed by atoms with Crippen LogP contribution in [0.5, 0.6) is 0 Å². The second-order valence-corrected chi connectivity index (χ2v) is 17.2. The van der Waals surface area contributed by atoms with Crippen molar-refractivity contribution in [2.75, 3.05) is 4.90 Å². The van der Waals surface area contributed by atoms with Crippen LogP contribution in [0.3, 0.4) is 0 Å². The largest absolute Gasteiger partial charge is 0.310 e. The van der Waals surface area contributed by atoms with Crippen LogP contribution in [0, 0.1) is 23.7 Å². The SMILES string of the molecule is CC1(C)CCC(C)(C)c2c(N(c3ccccc3)c3ccc4c(c3)Sc3ccccc3C43C4CC5CC(C4)CC3C5)cccc21. The number of anilines is 3. The van der Waals surface area contributed by atoms with E-state index in [0.29, 0.717) is 0 Å². The number of rotatable bonds is 3. The third kappa shape index (κ3) is 3.79. The highest BCUT2D eigenvalue weighted by atomic mass is 32.2. The second kappa shape index (κ2) is 9.52. The molecule has 224 valence electrons. The van der Waals surface area contributed by atoms with Crippen molar-refractivity contribution in [2.24, 2.45) is 23.7 Å². The number of fused-ring (bicyclic) bond motifs is 3. The molecule has 4 fully saturated rings. The Morgan fingerprint density at radius 1 is 0.568 bits per heavy atom. The molecule has 1 heterocycles. The molecule has 6 aliphatic rings. The summed E-state index contributed by atoms with van der Waals surface area (Å²) in [6, 6.07) is 35.3. The van der Waals surface area contributed by atoms with Crippen molar-refractivity contribution in [3.05, 3.63) is 113 Å². The van der Waals surface area contributed by atoms with Gasteiger partial charge in [-0.05, 0) is 138 Å². The second-order valence-electron chi connectivity index (χ2n) is 16.1. The lowest BCUT2D eigenvalue weighted by Crippen LogP contribution is -2.57. The van der Waals surface area contributed by atoms with Gasteiger partial charge >= 0.3 is 0 Å². The van der Waals surface area contributed by atoms with Gasteiger partial charge in [0, 0.05) is 26.6 Å². The maximum atomic E-state index is 2.58. The molecule has 1 aliphatic heterocycles. The summed E-state index contributed by atoms with van der Waals surface area (Å²) in [6.07, 6.45) is 9.61. The molecule has 2 heteroatoms. The molecule has 0 saturated heterocycles. The van der Waals surface area contributed by atoms with E-state index in [-0.39, 0.29) is 16.2 Å². The van der Waals surface area contributed by atoms with Crippen molar-refractivity contribution >= 4 is 28.8 Å². The summed E-state index contributed by atoms with van der Waals surface area (Å²) in [5.74, 6) is 3.47. The number of hydrogen-bond acceptors (Lipinski definition) is 2. The molecule has 0 aromatic heterocycles. The Bertz CT molecular complexity index is 1740. The fourth-order valence-electron chi connectivity index (χ4n) is 10.9. The number of nitrogens with zero attached hydrogens (tertiary/aromatic N) is 1. The van der Waals surface area contributed by atoms with Crippen LogP contribution in [0.1, 0.15) is 94.9 Å². The molecular weight excluding hydrogens is 551 g/mol. The van der Waals surface area contributed by atoms with Gasteiger partial charge in [-0.1, -0.05) is 94.1 Å². The molecule has 1 nitrogen and oxygen atoms in total. The van der Waals surface area contributed by atoms with Crippen LogP contribution in [0.15, 0.2) is 101 Å². The highest BCUT2D eigenvalue weighted by Gasteiger charge is 2.60. The van der Waals surface area contributed by atoms with Crippen molar-refractivity contribution in [1.29, 1.82) is 0 Å². The fraction of sp³-hybridized carbons (Fsp3) is 0.429. The van der Waals surface area contributed by atoms with E-state index in [1.165, 1.54) is 82.9 Å². The zero-order chi connectivity index (χ0) is 29.8. The third-order valence-corrected chi connectivity index (χ3v) is 13.9. The first-order valence-corrected chi connectivity index (χ1v) is 18.0. The lowest BCUT2D eigenvalue weighted by molar-refractivity contribution is -0.0443. The molecule has 0 radical (unpaired) electrons. The number of benzene rings is 4. The Labute approximate surface area is 268 Å². The Hall–Kier alpha value is -2.97. The number of hydrogen-bond donors (Lipinski definition) is 0.